The number of aromatic nitrogens is 4. The molecule has 37 heavy (non-hydrogen) atoms. The van der Waals surface area contributed by atoms with Crippen molar-refractivity contribution >= 4 is 34.4 Å². The molecule has 2 unspecified atom stereocenters. The van der Waals surface area contributed by atoms with E-state index in [2.05, 4.69) is 30.8 Å². The first-order valence-electron chi connectivity index (χ1n) is 12.3. The minimum absolute atomic E-state index is 0.0944. The second-order valence-corrected chi connectivity index (χ2v) is 10.4. The number of benzene rings is 1. The SMILES string of the molecule is COc1nnc(-c2ccc(F)c(NC(=O)c3cc4c(s3)C3CCCC4CC3)c2)cc1Nc1ccncn1. The lowest BCUT2D eigenvalue weighted by Gasteiger charge is -2.23. The van der Waals surface area contributed by atoms with Crippen LogP contribution in [-0.2, 0) is 0 Å². The molecule has 0 spiro atoms. The van der Waals surface area contributed by atoms with Crippen LogP contribution in [0.1, 0.15) is 64.1 Å². The van der Waals surface area contributed by atoms with E-state index in [1.54, 1.807) is 41.8 Å². The Bertz CT molecular complexity index is 1430. The van der Waals surface area contributed by atoms with Gasteiger partial charge in [0.25, 0.3) is 11.8 Å². The van der Waals surface area contributed by atoms with Gasteiger partial charge >= 0.3 is 0 Å². The number of thiophene rings is 1. The van der Waals surface area contributed by atoms with E-state index in [0.717, 1.165) is 0 Å². The van der Waals surface area contributed by atoms with Crippen molar-refractivity contribution in [2.45, 2.75) is 43.9 Å². The molecule has 1 fully saturated rings. The maximum Gasteiger partial charge on any atom is 0.265 e. The molecule has 188 valence electrons. The summed E-state index contributed by atoms with van der Waals surface area (Å²) in [5.41, 5.74) is 3.04. The molecule has 0 aliphatic heterocycles. The molecule has 8 nitrogen and oxygen atoms in total. The highest BCUT2D eigenvalue weighted by Crippen LogP contribution is 2.50. The molecule has 7 rings (SSSR count). The zero-order valence-electron chi connectivity index (χ0n) is 20.2. The van der Waals surface area contributed by atoms with E-state index in [-0.39, 0.29) is 17.5 Å². The highest BCUT2D eigenvalue weighted by atomic mass is 32.1. The fraction of sp³-hybridized carbons (Fsp3) is 0.296. The molecule has 3 aliphatic rings. The zero-order valence-corrected chi connectivity index (χ0v) is 21.0. The summed E-state index contributed by atoms with van der Waals surface area (Å²) in [5.74, 6) is 1.13. The van der Waals surface area contributed by atoms with Crippen molar-refractivity contribution in [1.82, 2.24) is 20.2 Å². The third kappa shape index (κ3) is 4.64. The van der Waals surface area contributed by atoms with Crippen LogP contribution in [0.25, 0.3) is 11.3 Å². The summed E-state index contributed by atoms with van der Waals surface area (Å²) >= 11 is 1.56. The van der Waals surface area contributed by atoms with Crippen LogP contribution in [0, 0.1) is 5.82 Å². The molecule has 10 heteroatoms. The minimum atomic E-state index is -0.518. The van der Waals surface area contributed by atoms with E-state index in [1.165, 1.54) is 62.0 Å². The van der Waals surface area contributed by atoms with Gasteiger partial charge in [0.1, 0.15) is 23.6 Å². The summed E-state index contributed by atoms with van der Waals surface area (Å²) < 4.78 is 20.1. The number of fused-ring (bicyclic) bond motifs is 3. The number of nitrogens with zero attached hydrogens (tertiary/aromatic N) is 4. The number of hydrogen-bond donors (Lipinski definition) is 2. The van der Waals surface area contributed by atoms with E-state index >= 15 is 0 Å². The van der Waals surface area contributed by atoms with Crippen LogP contribution in [0.3, 0.4) is 0 Å². The van der Waals surface area contributed by atoms with Gasteiger partial charge in [-0.2, -0.15) is 0 Å². The normalized spacial score (nSPS) is 18.1. The summed E-state index contributed by atoms with van der Waals surface area (Å²) in [6.07, 6.45) is 9.07. The molecule has 0 saturated heterocycles. The van der Waals surface area contributed by atoms with Crippen molar-refractivity contribution < 1.29 is 13.9 Å². The monoisotopic (exact) mass is 516 g/mol. The van der Waals surface area contributed by atoms with Crippen molar-refractivity contribution in [3.8, 4) is 17.1 Å². The van der Waals surface area contributed by atoms with E-state index in [0.29, 0.717) is 39.5 Å². The van der Waals surface area contributed by atoms with Gasteiger partial charge in [-0.15, -0.1) is 21.5 Å². The van der Waals surface area contributed by atoms with E-state index in [1.807, 2.05) is 6.07 Å². The quantitative estimate of drug-likeness (QED) is 0.311. The fourth-order valence-corrected chi connectivity index (χ4v) is 6.59. The number of carbonyl (C=O) groups excluding carboxylic acids is 1. The molecule has 1 saturated carbocycles. The Morgan fingerprint density at radius 3 is 2.76 bits per heavy atom. The van der Waals surface area contributed by atoms with Gasteiger partial charge in [0.2, 0.25) is 0 Å². The highest BCUT2D eigenvalue weighted by Gasteiger charge is 2.33. The fourth-order valence-electron chi connectivity index (χ4n) is 5.27. The van der Waals surface area contributed by atoms with Gasteiger partial charge in [-0.1, -0.05) is 6.42 Å². The van der Waals surface area contributed by atoms with Gasteiger partial charge in [-0.25, -0.2) is 14.4 Å². The first kappa shape index (κ1) is 23.5. The summed E-state index contributed by atoms with van der Waals surface area (Å²) in [4.78, 5) is 23.2. The van der Waals surface area contributed by atoms with Crippen LogP contribution >= 0.6 is 11.3 Å². The van der Waals surface area contributed by atoms with Gasteiger partial charge in [0.15, 0.2) is 0 Å². The Balaban J connectivity index is 1.26. The lowest BCUT2D eigenvalue weighted by Crippen LogP contribution is -2.11. The predicted molar refractivity (Wildman–Crippen MR) is 140 cm³/mol. The van der Waals surface area contributed by atoms with Crippen LogP contribution in [0.2, 0.25) is 0 Å². The maximum atomic E-state index is 14.8. The Morgan fingerprint density at radius 2 is 1.92 bits per heavy atom. The second-order valence-electron chi connectivity index (χ2n) is 9.35. The molecular weight excluding hydrogens is 491 g/mol. The first-order chi connectivity index (χ1) is 18.1. The van der Waals surface area contributed by atoms with Crippen LogP contribution in [0.5, 0.6) is 5.88 Å². The van der Waals surface area contributed by atoms with Gasteiger partial charge in [0, 0.05) is 16.6 Å². The van der Waals surface area contributed by atoms with Crippen molar-refractivity contribution in [3.63, 3.8) is 0 Å². The van der Waals surface area contributed by atoms with Crippen LogP contribution < -0.4 is 15.4 Å². The summed E-state index contributed by atoms with van der Waals surface area (Å²) in [6.45, 7) is 0. The van der Waals surface area contributed by atoms with Crippen molar-refractivity contribution in [3.05, 3.63) is 70.1 Å². The van der Waals surface area contributed by atoms with Gasteiger partial charge in [-0.05, 0) is 79.5 Å². The Hall–Kier alpha value is -3.92. The molecule has 3 heterocycles. The van der Waals surface area contributed by atoms with Crippen LogP contribution in [-0.4, -0.2) is 33.2 Å². The minimum Gasteiger partial charge on any atom is -0.478 e. The number of halogens is 1. The number of amides is 1. The number of methoxy groups -OCH3 is 1. The summed E-state index contributed by atoms with van der Waals surface area (Å²) in [6, 6.07) is 9.96. The Labute approximate surface area is 217 Å². The number of anilines is 3. The summed E-state index contributed by atoms with van der Waals surface area (Å²) in [7, 11) is 1.50. The van der Waals surface area contributed by atoms with E-state index < -0.39 is 5.82 Å². The maximum absolute atomic E-state index is 14.8. The number of carbonyl (C=O) groups is 1. The van der Waals surface area contributed by atoms with Crippen molar-refractivity contribution in [2.24, 2.45) is 0 Å². The summed E-state index contributed by atoms with van der Waals surface area (Å²) in [5, 5.41) is 14.3. The largest absolute Gasteiger partial charge is 0.478 e. The zero-order chi connectivity index (χ0) is 25.4. The van der Waals surface area contributed by atoms with Crippen molar-refractivity contribution in [1.29, 1.82) is 0 Å². The third-order valence-electron chi connectivity index (χ3n) is 7.10. The standard InChI is InChI=1S/C27H25FN6O2S/c1-36-27-22(31-24-9-10-29-14-30-24)13-20(33-34-27)17-7-8-19(28)21(11-17)32-26(35)23-12-18-15-3-2-4-16(6-5-15)25(18)37-23/h7-16H,2-6H2,1H3,(H,32,35)(H,29,30,31,33). The van der Waals surface area contributed by atoms with Gasteiger partial charge in [0.05, 0.1) is 23.4 Å². The third-order valence-corrected chi connectivity index (χ3v) is 8.41. The smallest absolute Gasteiger partial charge is 0.265 e. The Kier molecular flexibility index (Phi) is 6.25. The van der Waals surface area contributed by atoms with E-state index in [4.69, 9.17) is 4.74 Å². The number of ether oxygens (including phenoxy) is 1. The average molecular weight is 517 g/mol. The van der Waals surface area contributed by atoms with Gasteiger partial charge in [-0.3, -0.25) is 4.79 Å². The van der Waals surface area contributed by atoms with Crippen LogP contribution in [0.4, 0.5) is 21.6 Å². The molecule has 2 N–H and O–H groups in total. The lowest BCUT2D eigenvalue weighted by molar-refractivity contribution is 0.103. The Morgan fingerprint density at radius 1 is 1.05 bits per heavy atom. The number of rotatable bonds is 6. The molecule has 1 aromatic carbocycles. The highest BCUT2D eigenvalue weighted by molar-refractivity contribution is 7.14. The predicted octanol–water partition coefficient (Wildman–Crippen LogP) is 6.28. The first-order valence-corrected chi connectivity index (χ1v) is 13.1. The molecule has 2 bridgehead atoms. The van der Waals surface area contributed by atoms with E-state index in [9.17, 15) is 9.18 Å². The topological polar surface area (TPSA) is 102 Å². The second kappa shape index (κ2) is 9.85. The molecule has 4 aromatic rings. The van der Waals surface area contributed by atoms with Crippen LogP contribution in [0.15, 0.2) is 48.9 Å². The van der Waals surface area contributed by atoms with Gasteiger partial charge < -0.3 is 15.4 Å². The molecule has 3 aliphatic carbocycles. The molecular formula is C27H25FN6O2S. The molecule has 0 radical (unpaired) electrons. The molecule has 3 aromatic heterocycles. The average Bonchev–Trinajstić information content (AvgIpc) is 3.16. The molecule has 2 atom stereocenters. The molecule has 1 amide bonds. The number of nitrogens with one attached hydrogen (secondary N) is 2. The lowest BCUT2D eigenvalue weighted by atomic mass is 9.83. The number of hydrogen-bond acceptors (Lipinski definition) is 8. The van der Waals surface area contributed by atoms with Crippen molar-refractivity contribution in [2.75, 3.05) is 17.7 Å².